The minimum Gasteiger partial charge on any atom is -0.310 e. The zero-order valence-electron chi connectivity index (χ0n) is 16.3. The van der Waals surface area contributed by atoms with E-state index in [1.807, 2.05) is 0 Å². The van der Waals surface area contributed by atoms with E-state index in [4.69, 9.17) is 0 Å². The molecule has 0 radical (unpaired) electrons. The number of sulfonamides is 1. The first-order valence-electron chi connectivity index (χ1n) is 8.69. The van der Waals surface area contributed by atoms with Crippen molar-refractivity contribution in [1.82, 2.24) is 9.62 Å². The van der Waals surface area contributed by atoms with Crippen LogP contribution in [0.25, 0.3) is 0 Å². The summed E-state index contributed by atoms with van der Waals surface area (Å²) in [5, 5.41) is 3.52. The third kappa shape index (κ3) is 6.19. The first kappa shape index (κ1) is 21.1. The third-order valence-electron chi connectivity index (χ3n) is 4.30. The fourth-order valence-corrected chi connectivity index (χ4v) is 3.50. The maximum atomic E-state index is 11.8. The number of nitrogens with one attached hydrogen (secondary N) is 1. The third-order valence-corrected chi connectivity index (χ3v) is 6.22. The molecule has 0 bridgehead atoms. The van der Waals surface area contributed by atoms with E-state index in [2.05, 4.69) is 64.2 Å². The normalized spacial score (nSPS) is 14.4. The molecule has 1 unspecified atom stereocenters. The van der Waals surface area contributed by atoms with Gasteiger partial charge in [0.25, 0.3) is 0 Å². The van der Waals surface area contributed by atoms with Crippen LogP contribution in [0.15, 0.2) is 24.3 Å². The second kappa shape index (κ2) is 8.45. The van der Waals surface area contributed by atoms with E-state index in [-0.39, 0.29) is 17.2 Å². The minimum atomic E-state index is -3.11. The summed E-state index contributed by atoms with van der Waals surface area (Å²) in [5.74, 6) is 0.622. The van der Waals surface area contributed by atoms with E-state index in [0.29, 0.717) is 18.9 Å². The second-order valence-electron chi connectivity index (χ2n) is 8.00. The number of hydrogen-bond acceptors (Lipinski definition) is 3. The summed E-state index contributed by atoms with van der Waals surface area (Å²) in [4.78, 5) is 0. The first-order valence-corrected chi connectivity index (χ1v) is 10.3. The largest absolute Gasteiger partial charge is 0.310 e. The van der Waals surface area contributed by atoms with E-state index in [0.717, 1.165) is 0 Å². The Morgan fingerprint density at radius 3 is 2.04 bits per heavy atom. The number of benzene rings is 1. The highest BCUT2D eigenvalue weighted by molar-refractivity contribution is 7.89. The summed E-state index contributed by atoms with van der Waals surface area (Å²) in [6.07, 6.45) is 0.615. The Kier molecular flexibility index (Phi) is 7.44. The monoisotopic (exact) mass is 354 g/mol. The molecule has 1 rings (SSSR count). The Labute approximate surface area is 148 Å². The molecule has 0 aliphatic carbocycles. The molecule has 0 heterocycles. The summed E-state index contributed by atoms with van der Waals surface area (Å²) >= 11 is 0. The van der Waals surface area contributed by atoms with Crippen molar-refractivity contribution in [3.05, 3.63) is 35.4 Å². The molecule has 1 aromatic rings. The van der Waals surface area contributed by atoms with E-state index in [1.54, 1.807) is 14.1 Å². The molecule has 0 saturated heterocycles. The Hall–Kier alpha value is -0.910. The standard InChI is InChI=1S/C19H34N2O2S/c1-15(2)18(20-13-8-14-24(22,23)21(6)7)16-9-11-17(12-10-16)19(3,4)5/h9-12,15,18,20H,8,13-14H2,1-7H3. The number of hydrogen-bond donors (Lipinski definition) is 1. The van der Waals surface area contributed by atoms with Crippen LogP contribution in [0, 0.1) is 5.92 Å². The van der Waals surface area contributed by atoms with E-state index >= 15 is 0 Å². The summed E-state index contributed by atoms with van der Waals surface area (Å²) in [6.45, 7) is 11.7. The van der Waals surface area contributed by atoms with E-state index in [1.165, 1.54) is 15.4 Å². The van der Waals surface area contributed by atoms with Crippen LogP contribution in [-0.4, -0.2) is 39.1 Å². The summed E-state index contributed by atoms with van der Waals surface area (Å²) in [6, 6.07) is 9.01. The van der Waals surface area contributed by atoms with Crippen LogP contribution in [0.1, 0.15) is 58.2 Å². The van der Waals surface area contributed by atoms with Gasteiger partial charge in [-0.15, -0.1) is 0 Å². The summed E-state index contributed by atoms with van der Waals surface area (Å²) in [7, 11) is 0.0500. The van der Waals surface area contributed by atoms with Gasteiger partial charge >= 0.3 is 0 Å². The molecule has 0 aromatic heterocycles. The SMILES string of the molecule is CC(C)C(NCCCS(=O)(=O)N(C)C)c1ccc(C(C)(C)C)cc1. The molecule has 0 fully saturated rings. The average molecular weight is 355 g/mol. The molecule has 0 saturated carbocycles. The molecule has 0 aliphatic heterocycles. The van der Waals surface area contributed by atoms with Crippen molar-refractivity contribution in [3.63, 3.8) is 0 Å². The molecule has 5 heteroatoms. The molecular weight excluding hydrogens is 320 g/mol. The molecule has 138 valence electrons. The van der Waals surface area contributed by atoms with Crippen LogP contribution >= 0.6 is 0 Å². The van der Waals surface area contributed by atoms with Crippen LogP contribution in [0.5, 0.6) is 0 Å². The molecule has 1 atom stereocenters. The first-order chi connectivity index (χ1) is 10.9. The van der Waals surface area contributed by atoms with Crippen LogP contribution in [0.3, 0.4) is 0 Å². The van der Waals surface area contributed by atoms with Crippen molar-refractivity contribution in [2.75, 3.05) is 26.4 Å². The van der Waals surface area contributed by atoms with Gasteiger partial charge in [-0.25, -0.2) is 12.7 Å². The molecule has 1 aromatic carbocycles. The highest BCUT2D eigenvalue weighted by atomic mass is 32.2. The maximum absolute atomic E-state index is 11.8. The van der Waals surface area contributed by atoms with Crippen molar-refractivity contribution in [2.45, 2.75) is 52.5 Å². The predicted octanol–water partition coefficient (Wildman–Crippen LogP) is 3.55. The average Bonchev–Trinajstić information content (AvgIpc) is 2.45. The Bertz CT molecular complexity index is 599. The van der Waals surface area contributed by atoms with Gasteiger partial charge in [0, 0.05) is 20.1 Å². The van der Waals surface area contributed by atoms with Gasteiger partial charge in [0.15, 0.2) is 0 Å². The Morgan fingerprint density at radius 2 is 1.62 bits per heavy atom. The van der Waals surface area contributed by atoms with Gasteiger partial charge < -0.3 is 5.32 Å². The Balaban J connectivity index is 2.68. The fourth-order valence-electron chi connectivity index (χ4n) is 2.62. The molecule has 4 nitrogen and oxygen atoms in total. The van der Waals surface area contributed by atoms with Gasteiger partial charge in [-0.05, 0) is 35.4 Å². The quantitative estimate of drug-likeness (QED) is 0.726. The fraction of sp³-hybridized carbons (Fsp3) is 0.684. The molecule has 1 N–H and O–H groups in total. The molecular formula is C19H34N2O2S. The zero-order valence-corrected chi connectivity index (χ0v) is 17.1. The summed E-state index contributed by atoms with van der Waals surface area (Å²) in [5.41, 5.74) is 2.74. The Morgan fingerprint density at radius 1 is 1.08 bits per heavy atom. The number of nitrogens with zero attached hydrogens (tertiary/aromatic N) is 1. The highest BCUT2D eigenvalue weighted by Crippen LogP contribution is 2.26. The van der Waals surface area contributed by atoms with Crippen molar-refractivity contribution >= 4 is 10.0 Å². The zero-order chi connectivity index (χ0) is 18.5. The van der Waals surface area contributed by atoms with E-state index < -0.39 is 10.0 Å². The van der Waals surface area contributed by atoms with Gasteiger partial charge in [-0.3, -0.25) is 0 Å². The van der Waals surface area contributed by atoms with Crippen LogP contribution in [0.4, 0.5) is 0 Å². The predicted molar refractivity (Wildman–Crippen MR) is 103 cm³/mol. The van der Waals surface area contributed by atoms with Crippen LogP contribution in [-0.2, 0) is 15.4 Å². The minimum absolute atomic E-state index is 0.153. The van der Waals surface area contributed by atoms with Gasteiger partial charge in [-0.2, -0.15) is 0 Å². The van der Waals surface area contributed by atoms with Crippen LogP contribution in [0.2, 0.25) is 0 Å². The molecule has 0 aliphatic rings. The number of rotatable bonds is 8. The van der Waals surface area contributed by atoms with Crippen molar-refractivity contribution < 1.29 is 8.42 Å². The summed E-state index contributed by atoms with van der Waals surface area (Å²) < 4.78 is 24.9. The molecule has 24 heavy (non-hydrogen) atoms. The highest BCUT2D eigenvalue weighted by Gasteiger charge is 2.18. The van der Waals surface area contributed by atoms with Crippen molar-refractivity contribution in [2.24, 2.45) is 5.92 Å². The topological polar surface area (TPSA) is 49.4 Å². The smallest absolute Gasteiger partial charge is 0.213 e. The van der Waals surface area contributed by atoms with Crippen molar-refractivity contribution in [1.29, 1.82) is 0 Å². The van der Waals surface area contributed by atoms with E-state index in [9.17, 15) is 8.42 Å². The molecule has 0 spiro atoms. The lowest BCUT2D eigenvalue weighted by atomic mass is 9.85. The lowest BCUT2D eigenvalue weighted by Crippen LogP contribution is -2.30. The van der Waals surface area contributed by atoms with Crippen LogP contribution < -0.4 is 5.32 Å². The van der Waals surface area contributed by atoms with Gasteiger partial charge in [-0.1, -0.05) is 58.9 Å². The lowest BCUT2D eigenvalue weighted by molar-refractivity contribution is 0.411. The lowest BCUT2D eigenvalue weighted by Gasteiger charge is -2.25. The molecule has 0 amide bonds. The van der Waals surface area contributed by atoms with Crippen molar-refractivity contribution in [3.8, 4) is 0 Å². The van der Waals surface area contributed by atoms with Gasteiger partial charge in [0.2, 0.25) is 10.0 Å². The van der Waals surface area contributed by atoms with Gasteiger partial charge in [0.05, 0.1) is 5.75 Å². The van der Waals surface area contributed by atoms with Gasteiger partial charge in [0.1, 0.15) is 0 Å². The maximum Gasteiger partial charge on any atom is 0.213 e. The second-order valence-corrected chi connectivity index (χ2v) is 10.3.